The summed E-state index contributed by atoms with van der Waals surface area (Å²) in [5, 5.41) is 5.16. The minimum atomic E-state index is -0.00178. The molecule has 1 amide bonds. The van der Waals surface area contributed by atoms with Crippen LogP contribution in [-0.2, 0) is 24.8 Å². The fourth-order valence-corrected chi connectivity index (χ4v) is 2.35. The number of halogens is 2. The summed E-state index contributed by atoms with van der Waals surface area (Å²) in [7, 11) is 3.61. The second kappa shape index (κ2) is 6.29. The predicted octanol–water partition coefficient (Wildman–Crippen LogP) is 2.93. The summed E-state index contributed by atoms with van der Waals surface area (Å²) in [6.07, 6.45) is 3.89. The first-order chi connectivity index (χ1) is 9.45. The molecular formula is C14H15Cl2N3O. The molecule has 20 heavy (non-hydrogen) atoms. The van der Waals surface area contributed by atoms with E-state index in [1.54, 1.807) is 41.0 Å². The summed E-state index contributed by atoms with van der Waals surface area (Å²) in [4.78, 5) is 13.8. The van der Waals surface area contributed by atoms with Crippen LogP contribution < -0.4 is 0 Å². The molecule has 0 aliphatic rings. The Morgan fingerprint density at radius 3 is 2.75 bits per heavy atom. The molecule has 0 unspecified atom stereocenters. The van der Waals surface area contributed by atoms with Gasteiger partial charge in [0.05, 0.1) is 12.6 Å². The molecule has 0 bridgehead atoms. The Morgan fingerprint density at radius 2 is 2.15 bits per heavy atom. The largest absolute Gasteiger partial charge is 0.341 e. The van der Waals surface area contributed by atoms with Crippen LogP contribution in [0.4, 0.5) is 0 Å². The van der Waals surface area contributed by atoms with Crippen LogP contribution in [0.15, 0.2) is 30.6 Å². The van der Waals surface area contributed by atoms with E-state index in [1.165, 1.54) is 0 Å². The molecule has 0 N–H and O–H groups in total. The van der Waals surface area contributed by atoms with Gasteiger partial charge in [0, 0.05) is 42.4 Å². The van der Waals surface area contributed by atoms with E-state index >= 15 is 0 Å². The van der Waals surface area contributed by atoms with Gasteiger partial charge in [0.15, 0.2) is 0 Å². The molecule has 0 radical (unpaired) electrons. The first-order valence-corrected chi connectivity index (χ1v) is 6.86. The van der Waals surface area contributed by atoms with E-state index in [-0.39, 0.29) is 12.3 Å². The summed E-state index contributed by atoms with van der Waals surface area (Å²) in [5.74, 6) is -0.00178. The number of nitrogens with zero attached hydrogens (tertiary/aromatic N) is 3. The minimum absolute atomic E-state index is 0.00178. The molecule has 0 aliphatic carbocycles. The lowest BCUT2D eigenvalue weighted by Crippen LogP contribution is -2.27. The van der Waals surface area contributed by atoms with Crippen molar-refractivity contribution < 1.29 is 4.79 Å². The highest BCUT2D eigenvalue weighted by molar-refractivity contribution is 6.35. The summed E-state index contributed by atoms with van der Waals surface area (Å²) >= 11 is 11.9. The Balaban J connectivity index is 2.00. The zero-order chi connectivity index (χ0) is 14.7. The maximum atomic E-state index is 12.2. The summed E-state index contributed by atoms with van der Waals surface area (Å²) in [6, 6.07) is 5.16. The predicted molar refractivity (Wildman–Crippen MR) is 79.8 cm³/mol. The molecule has 1 aromatic carbocycles. The average molecular weight is 312 g/mol. The van der Waals surface area contributed by atoms with Crippen LogP contribution in [0.2, 0.25) is 10.0 Å². The molecular weight excluding hydrogens is 297 g/mol. The number of rotatable bonds is 4. The molecule has 6 heteroatoms. The molecule has 0 atom stereocenters. The van der Waals surface area contributed by atoms with Gasteiger partial charge in [-0.05, 0) is 17.7 Å². The first kappa shape index (κ1) is 14.9. The average Bonchev–Trinajstić information content (AvgIpc) is 2.78. The third-order valence-corrected chi connectivity index (χ3v) is 3.55. The molecule has 0 saturated heterocycles. The fraction of sp³-hybridized carbons (Fsp3) is 0.286. The summed E-state index contributed by atoms with van der Waals surface area (Å²) in [6.45, 7) is 0.526. The van der Waals surface area contributed by atoms with E-state index in [0.29, 0.717) is 16.6 Å². The molecule has 0 fully saturated rings. The van der Waals surface area contributed by atoms with E-state index in [2.05, 4.69) is 5.10 Å². The Bertz CT molecular complexity index is 625. The maximum Gasteiger partial charge on any atom is 0.227 e. The van der Waals surface area contributed by atoms with Gasteiger partial charge in [-0.2, -0.15) is 5.10 Å². The van der Waals surface area contributed by atoms with Crippen LogP contribution in [0.3, 0.4) is 0 Å². The number of likely N-dealkylation sites (N-methyl/N-ethyl adjacent to an activating group) is 1. The smallest absolute Gasteiger partial charge is 0.227 e. The van der Waals surface area contributed by atoms with E-state index < -0.39 is 0 Å². The van der Waals surface area contributed by atoms with Crippen LogP contribution in [-0.4, -0.2) is 27.6 Å². The van der Waals surface area contributed by atoms with Crippen molar-refractivity contribution >= 4 is 29.1 Å². The number of aryl methyl sites for hydroxylation is 1. The van der Waals surface area contributed by atoms with Gasteiger partial charge in [-0.1, -0.05) is 29.3 Å². The number of carbonyl (C=O) groups is 1. The molecule has 1 aromatic heterocycles. The van der Waals surface area contributed by atoms with Crippen molar-refractivity contribution in [3.05, 3.63) is 51.8 Å². The van der Waals surface area contributed by atoms with Gasteiger partial charge in [0.1, 0.15) is 0 Å². The van der Waals surface area contributed by atoms with Crippen molar-refractivity contribution in [3.63, 3.8) is 0 Å². The van der Waals surface area contributed by atoms with Crippen LogP contribution in [0.5, 0.6) is 0 Å². The molecule has 0 aliphatic heterocycles. The van der Waals surface area contributed by atoms with Crippen LogP contribution in [0.1, 0.15) is 11.1 Å². The standard InChI is InChI=1S/C14H15Cl2N3O/c1-18(8-10-7-17-19(2)9-10)14(20)5-11-3-4-12(15)6-13(11)16/h3-4,6-7,9H,5,8H2,1-2H3. The molecule has 2 rings (SSSR count). The van der Waals surface area contributed by atoms with Gasteiger partial charge in [0.25, 0.3) is 0 Å². The second-order valence-corrected chi connectivity index (χ2v) is 5.53. The van der Waals surface area contributed by atoms with Crippen molar-refractivity contribution in [1.82, 2.24) is 14.7 Å². The zero-order valence-electron chi connectivity index (χ0n) is 11.3. The van der Waals surface area contributed by atoms with Gasteiger partial charge in [-0.15, -0.1) is 0 Å². The molecule has 106 valence electrons. The van der Waals surface area contributed by atoms with Gasteiger partial charge in [0.2, 0.25) is 5.91 Å². The number of benzene rings is 1. The number of amides is 1. The first-order valence-electron chi connectivity index (χ1n) is 6.11. The Hall–Kier alpha value is -1.52. The topological polar surface area (TPSA) is 38.1 Å². The number of aromatic nitrogens is 2. The van der Waals surface area contributed by atoms with E-state index in [9.17, 15) is 4.79 Å². The van der Waals surface area contributed by atoms with Crippen molar-refractivity contribution in [2.45, 2.75) is 13.0 Å². The van der Waals surface area contributed by atoms with Crippen LogP contribution in [0, 0.1) is 0 Å². The highest BCUT2D eigenvalue weighted by atomic mass is 35.5. The van der Waals surface area contributed by atoms with Crippen molar-refractivity contribution in [1.29, 1.82) is 0 Å². The van der Waals surface area contributed by atoms with Crippen molar-refractivity contribution in [3.8, 4) is 0 Å². The van der Waals surface area contributed by atoms with Crippen molar-refractivity contribution in [2.24, 2.45) is 7.05 Å². The normalized spacial score (nSPS) is 10.6. The van der Waals surface area contributed by atoms with Gasteiger partial charge >= 0.3 is 0 Å². The third-order valence-electron chi connectivity index (χ3n) is 2.96. The highest BCUT2D eigenvalue weighted by Crippen LogP contribution is 2.21. The van der Waals surface area contributed by atoms with Gasteiger partial charge < -0.3 is 4.90 Å². The van der Waals surface area contributed by atoms with E-state index in [4.69, 9.17) is 23.2 Å². The van der Waals surface area contributed by atoms with Gasteiger partial charge in [-0.3, -0.25) is 9.48 Å². The Labute approximate surface area is 127 Å². The Kier molecular flexibility index (Phi) is 4.68. The molecule has 0 saturated carbocycles. The lowest BCUT2D eigenvalue weighted by molar-refractivity contribution is -0.129. The quantitative estimate of drug-likeness (QED) is 0.870. The highest BCUT2D eigenvalue weighted by Gasteiger charge is 2.13. The lowest BCUT2D eigenvalue weighted by atomic mass is 10.1. The molecule has 1 heterocycles. The number of hydrogen-bond acceptors (Lipinski definition) is 2. The summed E-state index contributed by atoms with van der Waals surface area (Å²) in [5.41, 5.74) is 1.77. The van der Waals surface area contributed by atoms with E-state index in [0.717, 1.165) is 11.1 Å². The van der Waals surface area contributed by atoms with Crippen LogP contribution in [0.25, 0.3) is 0 Å². The van der Waals surface area contributed by atoms with Crippen molar-refractivity contribution in [2.75, 3.05) is 7.05 Å². The SMILES string of the molecule is CN(Cc1cnn(C)c1)C(=O)Cc1ccc(Cl)cc1Cl. The second-order valence-electron chi connectivity index (χ2n) is 4.68. The molecule has 4 nitrogen and oxygen atoms in total. The molecule has 0 spiro atoms. The monoisotopic (exact) mass is 311 g/mol. The Morgan fingerprint density at radius 1 is 1.40 bits per heavy atom. The van der Waals surface area contributed by atoms with E-state index in [1.807, 2.05) is 13.2 Å². The number of hydrogen-bond donors (Lipinski definition) is 0. The summed E-state index contributed by atoms with van der Waals surface area (Å²) < 4.78 is 1.71. The zero-order valence-corrected chi connectivity index (χ0v) is 12.8. The fourth-order valence-electron chi connectivity index (χ4n) is 1.88. The minimum Gasteiger partial charge on any atom is -0.341 e. The third kappa shape index (κ3) is 3.74. The molecule has 2 aromatic rings. The van der Waals surface area contributed by atoms with Crippen LogP contribution >= 0.6 is 23.2 Å². The van der Waals surface area contributed by atoms with Gasteiger partial charge in [-0.25, -0.2) is 0 Å². The lowest BCUT2D eigenvalue weighted by Gasteiger charge is -2.16. The maximum absolute atomic E-state index is 12.2. The number of carbonyl (C=O) groups excluding carboxylic acids is 1.